The smallest absolute Gasteiger partial charge is 0.127 e. The van der Waals surface area contributed by atoms with Gasteiger partial charge in [0.15, 0.2) is 0 Å². The minimum atomic E-state index is 0.677. The lowest BCUT2D eigenvalue weighted by Gasteiger charge is -2.08. The number of aliphatic imine (C=N–C) groups is 1. The molecule has 3 aromatic rings. The molecule has 1 aliphatic rings. The van der Waals surface area contributed by atoms with Crippen molar-refractivity contribution in [1.29, 1.82) is 0 Å². The first-order chi connectivity index (χ1) is 10.9. The minimum absolute atomic E-state index is 0.677. The molecule has 2 nitrogen and oxygen atoms in total. The summed E-state index contributed by atoms with van der Waals surface area (Å²) in [6.07, 6.45) is 0. The number of nitrogens with zero attached hydrogens (tertiary/aromatic N) is 1. The van der Waals surface area contributed by atoms with Gasteiger partial charge < -0.3 is 4.74 Å². The zero-order chi connectivity index (χ0) is 14.9. The molecule has 22 heavy (non-hydrogen) atoms. The van der Waals surface area contributed by atoms with Crippen molar-refractivity contribution in [2.75, 3.05) is 6.61 Å². The highest BCUT2D eigenvalue weighted by atomic mass is 32.2. The first-order valence-corrected chi connectivity index (χ1v) is 8.19. The van der Waals surface area contributed by atoms with Crippen molar-refractivity contribution in [3.05, 3.63) is 66.2 Å². The highest BCUT2D eigenvalue weighted by Gasteiger charge is 2.22. The van der Waals surface area contributed by atoms with Crippen LogP contribution in [0.3, 0.4) is 0 Å². The van der Waals surface area contributed by atoms with E-state index in [0.29, 0.717) is 6.61 Å². The fourth-order valence-electron chi connectivity index (χ4n) is 2.75. The molecule has 0 saturated carbocycles. The van der Waals surface area contributed by atoms with Gasteiger partial charge in [0.2, 0.25) is 0 Å². The van der Waals surface area contributed by atoms with Crippen molar-refractivity contribution in [3.63, 3.8) is 0 Å². The molecule has 0 aliphatic carbocycles. The van der Waals surface area contributed by atoms with E-state index < -0.39 is 0 Å². The minimum Gasteiger partial charge on any atom is -0.493 e. The molecule has 0 spiro atoms. The van der Waals surface area contributed by atoms with Gasteiger partial charge in [0.1, 0.15) is 10.8 Å². The maximum atomic E-state index is 5.76. The number of hydrogen-bond donors (Lipinski definition) is 0. The number of ether oxygens (including phenoxy) is 1. The fraction of sp³-hybridized carbons (Fsp3) is 0.105. The number of rotatable bonds is 3. The Bertz CT molecular complexity index is 871. The molecule has 0 unspecified atom stereocenters. The van der Waals surface area contributed by atoms with E-state index in [4.69, 9.17) is 9.73 Å². The van der Waals surface area contributed by atoms with E-state index >= 15 is 0 Å². The highest BCUT2D eigenvalue weighted by Crippen LogP contribution is 2.44. The lowest BCUT2D eigenvalue weighted by atomic mass is 10.0. The Kier molecular flexibility index (Phi) is 3.35. The topological polar surface area (TPSA) is 21.6 Å². The molecule has 0 fully saturated rings. The second-order valence-electron chi connectivity index (χ2n) is 5.08. The number of hydrogen-bond acceptors (Lipinski definition) is 3. The second kappa shape index (κ2) is 5.50. The van der Waals surface area contributed by atoms with Crippen molar-refractivity contribution in [2.24, 2.45) is 4.99 Å². The third kappa shape index (κ3) is 2.18. The molecule has 4 rings (SSSR count). The summed E-state index contributed by atoms with van der Waals surface area (Å²) in [5, 5.41) is 3.48. The molecule has 1 heterocycles. The molecule has 0 saturated heterocycles. The Labute approximate surface area is 133 Å². The molecule has 1 aliphatic heterocycles. The third-order valence-corrected chi connectivity index (χ3v) is 4.75. The van der Waals surface area contributed by atoms with E-state index in [0.717, 1.165) is 16.5 Å². The lowest BCUT2D eigenvalue weighted by Crippen LogP contribution is -1.94. The lowest BCUT2D eigenvalue weighted by molar-refractivity contribution is 0.344. The Morgan fingerprint density at radius 2 is 1.82 bits per heavy atom. The highest BCUT2D eigenvalue weighted by molar-refractivity contribution is 8.15. The normalized spacial score (nSPS) is 14.7. The quantitative estimate of drug-likeness (QED) is 0.644. The van der Waals surface area contributed by atoms with Crippen LogP contribution in [0.5, 0.6) is 5.75 Å². The molecule has 0 aromatic heterocycles. The molecule has 0 bridgehead atoms. The van der Waals surface area contributed by atoms with Crippen LogP contribution in [-0.2, 0) is 0 Å². The van der Waals surface area contributed by atoms with Gasteiger partial charge in [-0.15, -0.1) is 0 Å². The molecule has 0 amide bonds. The Balaban J connectivity index is 1.89. The summed E-state index contributed by atoms with van der Waals surface area (Å²) in [5.74, 6) is 0.949. The van der Waals surface area contributed by atoms with E-state index in [2.05, 4.69) is 30.3 Å². The summed E-state index contributed by atoms with van der Waals surface area (Å²) < 4.78 is 5.76. The summed E-state index contributed by atoms with van der Waals surface area (Å²) in [4.78, 5) is 6.07. The van der Waals surface area contributed by atoms with Gasteiger partial charge in [-0.25, -0.2) is 4.99 Å². The predicted molar refractivity (Wildman–Crippen MR) is 93.6 cm³/mol. The van der Waals surface area contributed by atoms with Crippen LogP contribution < -0.4 is 4.74 Å². The average molecular weight is 305 g/mol. The van der Waals surface area contributed by atoms with Gasteiger partial charge in [-0.2, -0.15) is 0 Å². The number of benzene rings is 3. The molecule has 3 heteroatoms. The third-order valence-electron chi connectivity index (χ3n) is 3.69. The first kappa shape index (κ1) is 13.4. The second-order valence-corrected chi connectivity index (χ2v) is 6.11. The summed E-state index contributed by atoms with van der Waals surface area (Å²) in [6.45, 7) is 2.69. The molecular formula is C19H15NOS. The van der Waals surface area contributed by atoms with Gasteiger partial charge in [0.25, 0.3) is 0 Å². The molecular weight excluding hydrogens is 290 g/mol. The van der Waals surface area contributed by atoms with Crippen LogP contribution in [-0.4, -0.2) is 11.7 Å². The first-order valence-electron chi connectivity index (χ1n) is 7.37. The van der Waals surface area contributed by atoms with Crippen molar-refractivity contribution in [2.45, 2.75) is 11.8 Å². The van der Waals surface area contributed by atoms with Crippen LogP contribution in [0.1, 0.15) is 12.5 Å². The summed E-state index contributed by atoms with van der Waals surface area (Å²) in [7, 11) is 0. The Morgan fingerprint density at radius 3 is 2.64 bits per heavy atom. The zero-order valence-electron chi connectivity index (χ0n) is 12.2. The van der Waals surface area contributed by atoms with E-state index in [9.17, 15) is 0 Å². The van der Waals surface area contributed by atoms with Gasteiger partial charge >= 0.3 is 0 Å². The van der Waals surface area contributed by atoms with Crippen LogP contribution in [0.4, 0.5) is 5.69 Å². The molecule has 0 radical (unpaired) electrons. The van der Waals surface area contributed by atoms with Crippen LogP contribution in [0.2, 0.25) is 0 Å². The van der Waals surface area contributed by atoms with Crippen molar-refractivity contribution < 1.29 is 4.74 Å². The largest absolute Gasteiger partial charge is 0.493 e. The Morgan fingerprint density at radius 1 is 0.955 bits per heavy atom. The van der Waals surface area contributed by atoms with Crippen molar-refractivity contribution in [1.82, 2.24) is 0 Å². The van der Waals surface area contributed by atoms with Crippen LogP contribution in [0.15, 0.2) is 70.6 Å². The van der Waals surface area contributed by atoms with Crippen molar-refractivity contribution >= 4 is 33.3 Å². The number of thioether (sulfide) groups is 1. The van der Waals surface area contributed by atoms with E-state index in [1.165, 1.54) is 21.2 Å². The maximum Gasteiger partial charge on any atom is 0.127 e. The summed E-state index contributed by atoms with van der Waals surface area (Å²) >= 11 is 1.73. The monoisotopic (exact) mass is 305 g/mol. The van der Waals surface area contributed by atoms with Crippen LogP contribution >= 0.6 is 11.8 Å². The fourth-order valence-corrected chi connectivity index (χ4v) is 3.86. The molecule has 108 valence electrons. The standard InChI is InChI=1S/C19H15NOS/c1-2-21-16-12-11-15-18-14(16)9-6-10-17(18)22-19(15)20-13-7-4-3-5-8-13/h3-12H,2H2,1H3. The van der Waals surface area contributed by atoms with E-state index in [1.54, 1.807) is 11.8 Å². The van der Waals surface area contributed by atoms with E-state index in [-0.39, 0.29) is 0 Å². The predicted octanol–water partition coefficient (Wildman–Crippen LogP) is 5.42. The van der Waals surface area contributed by atoms with Gasteiger partial charge in [-0.1, -0.05) is 42.1 Å². The average Bonchev–Trinajstić information content (AvgIpc) is 2.90. The van der Waals surface area contributed by atoms with Crippen LogP contribution in [0, 0.1) is 0 Å². The Hall–Kier alpha value is -2.26. The van der Waals surface area contributed by atoms with Gasteiger partial charge in [0, 0.05) is 21.2 Å². The molecule has 0 atom stereocenters. The zero-order valence-corrected chi connectivity index (χ0v) is 13.1. The molecule has 3 aromatic carbocycles. The van der Waals surface area contributed by atoms with E-state index in [1.807, 2.05) is 37.3 Å². The molecule has 0 N–H and O–H groups in total. The van der Waals surface area contributed by atoms with Crippen molar-refractivity contribution in [3.8, 4) is 5.75 Å². The van der Waals surface area contributed by atoms with Gasteiger partial charge in [-0.05, 0) is 37.3 Å². The summed E-state index contributed by atoms with van der Waals surface area (Å²) in [5.41, 5.74) is 2.18. The summed E-state index contributed by atoms with van der Waals surface area (Å²) in [6, 6.07) is 20.6. The number of para-hydroxylation sites is 1. The van der Waals surface area contributed by atoms with Crippen LogP contribution in [0.25, 0.3) is 10.8 Å². The SMILES string of the molecule is CCOc1ccc2c3c(cccc13)SC2=Nc1ccccc1. The maximum absolute atomic E-state index is 5.76. The van der Waals surface area contributed by atoms with Gasteiger partial charge in [0.05, 0.1) is 12.3 Å². The van der Waals surface area contributed by atoms with Gasteiger partial charge in [-0.3, -0.25) is 0 Å².